The monoisotopic (exact) mass is 347 g/mol. The predicted octanol–water partition coefficient (Wildman–Crippen LogP) is 3.83. The third kappa shape index (κ3) is 3.00. The zero-order chi connectivity index (χ0) is 14.8. The van der Waals surface area contributed by atoms with Crippen molar-refractivity contribution in [2.75, 3.05) is 13.1 Å². The Morgan fingerprint density at radius 3 is 2.24 bits per heavy atom. The first kappa shape index (κ1) is 14.3. The van der Waals surface area contributed by atoms with Gasteiger partial charge in [-0.1, -0.05) is 24.3 Å². The Labute approximate surface area is 131 Å². The number of carbonyl (C=O) groups is 1. The van der Waals surface area contributed by atoms with Crippen LogP contribution in [0, 0.1) is 5.82 Å². The molecule has 1 heterocycles. The number of hydrogen-bond donors (Lipinski definition) is 0. The molecule has 0 aliphatic carbocycles. The van der Waals surface area contributed by atoms with E-state index in [4.69, 9.17) is 0 Å². The van der Waals surface area contributed by atoms with Crippen LogP contribution in [0.1, 0.15) is 21.5 Å². The van der Waals surface area contributed by atoms with E-state index in [1.165, 1.54) is 17.2 Å². The molecule has 4 heteroatoms. The summed E-state index contributed by atoms with van der Waals surface area (Å²) in [5, 5.41) is 0. The van der Waals surface area contributed by atoms with Crippen molar-refractivity contribution in [2.45, 2.75) is 12.8 Å². The minimum Gasteiger partial charge on any atom is -0.338 e. The van der Waals surface area contributed by atoms with Crippen molar-refractivity contribution in [3.63, 3.8) is 0 Å². The van der Waals surface area contributed by atoms with E-state index in [1.54, 1.807) is 12.1 Å². The minimum absolute atomic E-state index is 0.0384. The molecule has 21 heavy (non-hydrogen) atoms. The average Bonchev–Trinajstić information content (AvgIpc) is 2.72. The standard InChI is InChI=1S/C17H15BrFNO/c18-15-11-14(5-6-16(15)19)17(21)20-9-7-12-3-1-2-4-13(12)8-10-20/h1-6,11H,7-10H2. The van der Waals surface area contributed by atoms with Gasteiger partial charge >= 0.3 is 0 Å². The van der Waals surface area contributed by atoms with Crippen LogP contribution in [0.2, 0.25) is 0 Å². The molecule has 2 aromatic carbocycles. The summed E-state index contributed by atoms with van der Waals surface area (Å²) >= 11 is 3.13. The Kier molecular flexibility index (Phi) is 4.06. The molecule has 0 atom stereocenters. The van der Waals surface area contributed by atoms with Gasteiger partial charge in [0, 0.05) is 18.7 Å². The molecule has 108 valence electrons. The molecule has 0 spiro atoms. The molecule has 0 fully saturated rings. The fourth-order valence-electron chi connectivity index (χ4n) is 2.68. The SMILES string of the molecule is O=C(c1ccc(F)c(Br)c1)N1CCc2ccccc2CC1. The highest BCUT2D eigenvalue weighted by atomic mass is 79.9. The van der Waals surface area contributed by atoms with Crippen LogP contribution in [0.15, 0.2) is 46.9 Å². The topological polar surface area (TPSA) is 20.3 Å². The summed E-state index contributed by atoms with van der Waals surface area (Å²) < 4.78 is 13.6. The van der Waals surface area contributed by atoms with Crippen molar-refractivity contribution >= 4 is 21.8 Å². The van der Waals surface area contributed by atoms with Crippen LogP contribution in [0.3, 0.4) is 0 Å². The van der Waals surface area contributed by atoms with Gasteiger partial charge in [-0.25, -0.2) is 4.39 Å². The summed E-state index contributed by atoms with van der Waals surface area (Å²) in [6, 6.07) is 12.7. The summed E-state index contributed by atoms with van der Waals surface area (Å²) in [5.41, 5.74) is 3.15. The van der Waals surface area contributed by atoms with E-state index < -0.39 is 0 Å². The van der Waals surface area contributed by atoms with Crippen molar-refractivity contribution in [3.05, 3.63) is 69.4 Å². The Bertz CT molecular complexity index is 659. The highest BCUT2D eigenvalue weighted by Gasteiger charge is 2.20. The van der Waals surface area contributed by atoms with Crippen molar-refractivity contribution in [1.29, 1.82) is 0 Å². The molecule has 0 N–H and O–H groups in total. The lowest BCUT2D eigenvalue weighted by atomic mass is 10.0. The molecule has 0 radical (unpaired) electrons. The maximum Gasteiger partial charge on any atom is 0.253 e. The molecule has 0 saturated carbocycles. The number of benzene rings is 2. The maximum atomic E-state index is 13.3. The van der Waals surface area contributed by atoms with Crippen LogP contribution < -0.4 is 0 Å². The second-order valence-corrected chi connectivity index (χ2v) is 6.04. The average molecular weight is 348 g/mol. The lowest BCUT2D eigenvalue weighted by molar-refractivity contribution is 0.0763. The largest absolute Gasteiger partial charge is 0.338 e. The molecule has 2 aromatic rings. The second-order valence-electron chi connectivity index (χ2n) is 5.19. The molecule has 2 nitrogen and oxygen atoms in total. The van der Waals surface area contributed by atoms with Crippen LogP contribution in [0.5, 0.6) is 0 Å². The van der Waals surface area contributed by atoms with Crippen LogP contribution in [-0.2, 0) is 12.8 Å². The molecular formula is C17H15BrFNO. The van der Waals surface area contributed by atoms with E-state index in [2.05, 4.69) is 28.1 Å². The lowest BCUT2D eigenvalue weighted by Crippen LogP contribution is -2.33. The smallest absolute Gasteiger partial charge is 0.253 e. The number of carbonyl (C=O) groups excluding carboxylic acids is 1. The molecule has 3 rings (SSSR count). The van der Waals surface area contributed by atoms with Gasteiger partial charge in [0.1, 0.15) is 5.82 Å². The van der Waals surface area contributed by atoms with Gasteiger partial charge in [-0.3, -0.25) is 4.79 Å². The molecule has 1 amide bonds. The molecule has 1 aliphatic heterocycles. The van der Waals surface area contributed by atoms with E-state index >= 15 is 0 Å². The zero-order valence-electron chi connectivity index (χ0n) is 11.5. The molecule has 0 saturated heterocycles. The van der Waals surface area contributed by atoms with Crippen LogP contribution in [0.25, 0.3) is 0 Å². The van der Waals surface area contributed by atoms with E-state index in [0.29, 0.717) is 23.1 Å². The van der Waals surface area contributed by atoms with E-state index in [0.717, 1.165) is 12.8 Å². The quantitative estimate of drug-likeness (QED) is 0.767. The van der Waals surface area contributed by atoms with Crippen molar-refractivity contribution in [2.24, 2.45) is 0 Å². The van der Waals surface area contributed by atoms with Gasteiger partial charge in [-0.15, -0.1) is 0 Å². The first-order valence-electron chi connectivity index (χ1n) is 6.96. The number of fused-ring (bicyclic) bond motifs is 1. The molecule has 0 aromatic heterocycles. The van der Waals surface area contributed by atoms with Gasteiger partial charge in [0.25, 0.3) is 5.91 Å². The fraction of sp³-hybridized carbons (Fsp3) is 0.235. The van der Waals surface area contributed by atoms with Gasteiger partial charge < -0.3 is 4.90 Å². The number of hydrogen-bond acceptors (Lipinski definition) is 1. The molecule has 0 unspecified atom stereocenters. The second kappa shape index (κ2) is 5.98. The normalized spacial score (nSPS) is 14.5. The van der Waals surface area contributed by atoms with Crippen molar-refractivity contribution in [3.8, 4) is 0 Å². The first-order valence-corrected chi connectivity index (χ1v) is 7.75. The van der Waals surface area contributed by atoms with Gasteiger partial charge in [0.05, 0.1) is 4.47 Å². The van der Waals surface area contributed by atoms with Crippen LogP contribution >= 0.6 is 15.9 Å². The summed E-state index contributed by atoms with van der Waals surface area (Å²) in [7, 11) is 0. The predicted molar refractivity (Wildman–Crippen MR) is 83.9 cm³/mol. The Balaban J connectivity index is 1.79. The number of halogens is 2. The third-order valence-electron chi connectivity index (χ3n) is 3.87. The lowest BCUT2D eigenvalue weighted by Gasteiger charge is -2.20. The number of nitrogens with zero attached hydrogens (tertiary/aromatic N) is 1. The zero-order valence-corrected chi connectivity index (χ0v) is 13.1. The summed E-state index contributed by atoms with van der Waals surface area (Å²) in [6.45, 7) is 1.40. The van der Waals surface area contributed by atoms with Crippen LogP contribution in [0.4, 0.5) is 4.39 Å². The summed E-state index contributed by atoms with van der Waals surface area (Å²) in [4.78, 5) is 14.4. The van der Waals surface area contributed by atoms with Gasteiger partial charge in [0.2, 0.25) is 0 Å². The third-order valence-corrected chi connectivity index (χ3v) is 4.48. The Morgan fingerprint density at radius 2 is 1.67 bits per heavy atom. The van der Waals surface area contributed by atoms with Gasteiger partial charge in [0.15, 0.2) is 0 Å². The molecule has 0 bridgehead atoms. The Hall–Kier alpha value is -1.68. The highest BCUT2D eigenvalue weighted by molar-refractivity contribution is 9.10. The first-order chi connectivity index (χ1) is 10.1. The number of amides is 1. The highest BCUT2D eigenvalue weighted by Crippen LogP contribution is 2.20. The van der Waals surface area contributed by atoms with E-state index in [-0.39, 0.29) is 11.7 Å². The van der Waals surface area contributed by atoms with Crippen molar-refractivity contribution < 1.29 is 9.18 Å². The van der Waals surface area contributed by atoms with Crippen LogP contribution in [-0.4, -0.2) is 23.9 Å². The van der Waals surface area contributed by atoms with E-state index in [1.807, 2.05) is 17.0 Å². The van der Waals surface area contributed by atoms with E-state index in [9.17, 15) is 9.18 Å². The fourth-order valence-corrected chi connectivity index (χ4v) is 3.06. The summed E-state index contributed by atoms with van der Waals surface area (Å²) in [5.74, 6) is -0.390. The molecular weight excluding hydrogens is 333 g/mol. The number of rotatable bonds is 1. The summed E-state index contributed by atoms with van der Waals surface area (Å²) in [6.07, 6.45) is 1.73. The van der Waals surface area contributed by atoms with Crippen molar-refractivity contribution in [1.82, 2.24) is 4.90 Å². The van der Waals surface area contributed by atoms with Gasteiger partial charge in [-0.05, 0) is 58.1 Å². The minimum atomic E-state index is -0.352. The Morgan fingerprint density at radius 1 is 1.05 bits per heavy atom. The molecule has 1 aliphatic rings. The maximum absolute atomic E-state index is 13.3. The van der Waals surface area contributed by atoms with Gasteiger partial charge in [-0.2, -0.15) is 0 Å².